The highest BCUT2D eigenvalue weighted by Gasteiger charge is 2.35. The first-order valence-electron chi connectivity index (χ1n) is 5.26. The lowest BCUT2D eigenvalue weighted by Gasteiger charge is -2.08. The molecule has 19 heavy (non-hydrogen) atoms. The van der Waals surface area contributed by atoms with Crippen LogP contribution in [0.5, 0.6) is 0 Å². The van der Waals surface area contributed by atoms with Crippen molar-refractivity contribution in [3.05, 3.63) is 35.4 Å². The largest absolute Gasteiger partial charge is 0.419 e. The third kappa shape index (κ3) is 2.73. The zero-order valence-corrected chi connectivity index (χ0v) is 9.75. The molecule has 102 valence electrons. The number of alkyl halides is 3. The summed E-state index contributed by atoms with van der Waals surface area (Å²) in [6.45, 7) is 0.268. The van der Waals surface area contributed by atoms with Crippen LogP contribution < -0.4 is 5.32 Å². The van der Waals surface area contributed by atoms with E-state index in [4.69, 9.17) is 4.52 Å². The summed E-state index contributed by atoms with van der Waals surface area (Å²) in [5.41, 5.74) is -1.73. The fourth-order valence-corrected chi connectivity index (χ4v) is 1.51. The molecule has 0 aliphatic rings. The van der Waals surface area contributed by atoms with Crippen LogP contribution in [0.1, 0.15) is 11.4 Å². The molecule has 0 aliphatic carbocycles. The highest BCUT2D eigenvalue weighted by molar-refractivity contribution is 5.55. The molecule has 2 aromatic rings. The van der Waals surface area contributed by atoms with E-state index in [-0.39, 0.29) is 23.8 Å². The number of hydrogen-bond donors (Lipinski definition) is 1. The van der Waals surface area contributed by atoms with E-state index in [9.17, 15) is 17.6 Å². The summed E-state index contributed by atoms with van der Waals surface area (Å²) in [7, 11) is 1.64. The van der Waals surface area contributed by atoms with Gasteiger partial charge in [0.1, 0.15) is 5.82 Å². The molecule has 1 N–H and O–H groups in total. The van der Waals surface area contributed by atoms with E-state index in [1.165, 1.54) is 0 Å². The number of hydrogen-bond acceptors (Lipinski definition) is 4. The van der Waals surface area contributed by atoms with Crippen LogP contribution in [0.2, 0.25) is 0 Å². The molecule has 2 rings (SSSR count). The maximum atomic E-state index is 13.8. The lowest BCUT2D eigenvalue weighted by Crippen LogP contribution is -2.09. The molecule has 1 heterocycles. The molecule has 1 aromatic heterocycles. The van der Waals surface area contributed by atoms with E-state index in [1.54, 1.807) is 7.05 Å². The molecule has 0 unspecified atom stereocenters. The highest BCUT2D eigenvalue weighted by Crippen LogP contribution is 2.34. The quantitative estimate of drug-likeness (QED) is 0.875. The van der Waals surface area contributed by atoms with Gasteiger partial charge in [-0.05, 0) is 19.2 Å². The van der Waals surface area contributed by atoms with Crippen LogP contribution in [0.25, 0.3) is 11.5 Å². The Morgan fingerprint density at radius 3 is 2.68 bits per heavy atom. The van der Waals surface area contributed by atoms with Crippen molar-refractivity contribution >= 4 is 0 Å². The number of nitrogens with zero attached hydrogens (tertiary/aromatic N) is 2. The summed E-state index contributed by atoms with van der Waals surface area (Å²) in [5, 5.41) is 6.26. The first-order valence-corrected chi connectivity index (χ1v) is 5.26. The van der Waals surface area contributed by atoms with Crippen molar-refractivity contribution in [3.8, 4) is 11.5 Å². The normalized spacial score (nSPS) is 11.8. The second-order valence-electron chi connectivity index (χ2n) is 3.71. The lowest BCUT2D eigenvalue weighted by molar-refractivity contribution is -0.139. The smallest absolute Gasteiger partial charge is 0.334 e. The molecule has 0 saturated carbocycles. The van der Waals surface area contributed by atoms with Gasteiger partial charge in [-0.15, -0.1) is 0 Å². The van der Waals surface area contributed by atoms with Crippen LogP contribution in [0.15, 0.2) is 22.7 Å². The summed E-state index contributed by atoms with van der Waals surface area (Å²) in [6.07, 6.45) is -4.77. The van der Waals surface area contributed by atoms with E-state index in [0.717, 1.165) is 12.1 Å². The third-order valence-electron chi connectivity index (χ3n) is 2.34. The molecule has 1 aromatic carbocycles. The second-order valence-corrected chi connectivity index (χ2v) is 3.71. The van der Waals surface area contributed by atoms with Crippen LogP contribution in [0, 0.1) is 5.82 Å². The van der Waals surface area contributed by atoms with Crippen molar-refractivity contribution in [2.75, 3.05) is 7.05 Å². The molecule has 0 saturated heterocycles. The molecular weight excluding hydrogens is 266 g/mol. The van der Waals surface area contributed by atoms with Crippen LogP contribution in [0.3, 0.4) is 0 Å². The van der Waals surface area contributed by atoms with Crippen molar-refractivity contribution in [2.24, 2.45) is 0 Å². The van der Waals surface area contributed by atoms with Gasteiger partial charge in [0.25, 0.3) is 5.89 Å². The number of aromatic nitrogens is 2. The number of nitrogens with one attached hydrogen (secondary N) is 1. The van der Waals surface area contributed by atoms with Gasteiger partial charge in [-0.25, -0.2) is 4.39 Å². The first kappa shape index (κ1) is 13.5. The zero-order valence-electron chi connectivity index (χ0n) is 9.75. The Labute approximate surface area is 105 Å². The van der Waals surface area contributed by atoms with Gasteiger partial charge in [-0.1, -0.05) is 11.2 Å². The van der Waals surface area contributed by atoms with Gasteiger partial charge in [0.2, 0.25) is 0 Å². The van der Waals surface area contributed by atoms with E-state index in [2.05, 4.69) is 15.5 Å². The van der Waals surface area contributed by atoms with Gasteiger partial charge in [-0.2, -0.15) is 18.2 Å². The van der Waals surface area contributed by atoms with Gasteiger partial charge in [-0.3, -0.25) is 0 Å². The maximum Gasteiger partial charge on any atom is 0.419 e. The summed E-state index contributed by atoms with van der Waals surface area (Å²) < 4.78 is 56.2. The fraction of sp³-hybridized carbons (Fsp3) is 0.273. The molecular formula is C11H9F4N3O. The summed E-state index contributed by atoms with van der Waals surface area (Å²) in [4.78, 5) is 3.81. The minimum absolute atomic E-state index is 0.231. The van der Waals surface area contributed by atoms with Crippen molar-refractivity contribution in [1.82, 2.24) is 15.5 Å². The summed E-state index contributed by atoms with van der Waals surface area (Å²) in [6, 6.07) is 2.90. The van der Waals surface area contributed by atoms with Gasteiger partial charge >= 0.3 is 6.18 Å². The standard InChI is InChI=1S/C11H9F4N3O/c1-16-5-8-17-10(19-18-8)6-3-2-4-7(9(6)12)11(13,14)15/h2-4,16H,5H2,1H3. The number of rotatable bonds is 3. The Hall–Kier alpha value is -1.96. The Morgan fingerprint density at radius 1 is 1.32 bits per heavy atom. The second kappa shape index (κ2) is 4.96. The fourth-order valence-electron chi connectivity index (χ4n) is 1.51. The van der Waals surface area contributed by atoms with E-state index in [0.29, 0.717) is 6.07 Å². The molecule has 0 radical (unpaired) electrons. The molecule has 0 amide bonds. The van der Waals surface area contributed by atoms with Gasteiger partial charge < -0.3 is 9.84 Å². The molecule has 0 aliphatic heterocycles. The van der Waals surface area contributed by atoms with Crippen LogP contribution in [-0.4, -0.2) is 17.2 Å². The molecule has 0 fully saturated rings. The Balaban J connectivity index is 2.45. The maximum absolute atomic E-state index is 13.8. The lowest BCUT2D eigenvalue weighted by atomic mass is 10.1. The van der Waals surface area contributed by atoms with Crippen molar-refractivity contribution in [3.63, 3.8) is 0 Å². The zero-order chi connectivity index (χ0) is 14.0. The van der Waals surface area contributed by atoms with E-state index < -0.39 is 17.6 Å². The number of halogens is 4. The minimum Gasteiger partial charge on any atom is -0.334 e. The predicted octanol–water partition coefficient (Wildman–Crippen LogP) is 2.61. The first-order chi connectivity index (χ1) is 8.93. The van der Waals surface area contributed by atoms with Crippen LogP contribution in [0.4, 0.5) is 17.6 Å². The summed E-state index contributed by atoms with van der Waals surface area (Å²) >= 11 is 0. The Kier molecular flexibility index (Phi) is 3.52. The Morgan fingerprint density at radius 2 is 2.05 bits per heavy atom. The van der Waals surface area contributed by atoms with Crippen LogP contribution >= 0.6 is 0 Å². The Bertz CT molecular complexity index is 580. The van der Waals surface area contributed by atoms with Gasteiger partial charge in [0.15, 0.2) is 5.82 Å². The average molecular weight is 275 g/mol. The molecule has 0 atom stereocenters. The van der Waals surface area contributed by atoms with Gasteiger partial charge in [0, 0.05) is 0 Å². The van der Waals surface area contributed by atoms with Crippen molar-refractivity contribution in [2.45, 2.75) is 12.7 Å². The molecule has 0 spiro atoms. The SMILES string of the molecule is CNCc1noc(-c2cccc(C(F)(F)F)c2F)n1. The molecule has 8 heteroatoms. The third-order valence-corrected chi connectivity index (χ3v) is 2.34. The monoisotopic (exact) mass is 275 g/mol. The average Bonchev–Trinajstić information content (AvgIpc) is 2.76. The topological polar surface area (TPSA) is 51.0 Å². The molecule has 4 nitrogen and oxygen atoms in total. The molecule has 0 bridgehead atoms. The van der Waals surface area contributed by atoms with Crippen molar-refractivity contribution < 1.29 is 22.1 Å². The van der Waals surface area contributed by atoms with Crippen LogP contribution in [-0.2, 0) is 12.7 Å². The summed E-state index contributed by atoms with van der Waals surface area (Å²) in [5.74, 6) is -1.47. The van der Waals surface area contributed by atoms with E-state index >= 15 is 0 Å². The van der Waals surface area contributed by atoms with E-state index in [1.807, 2.05) is 0 Å². The minimum atomic E-state index is -4.77. The number of benzene rings is 1. The van der Waals surface area contributed by atoms with Crippen molar-refractivity contribution in [1.29, 1.82) is 0 Å². The highest BCUT2D eigenvalue weighted by atomic mass is 19.4. The predicted molar refractivity (Wildman–Crippen MR) is 57.5 cm³/mol. The van der Waals surface area contributed by atoms with Gasteiger partial charge in [0.05, 0.1) is 17.7 Å².